The summed E-state index contributed by atoms with van der Waals surface area (Å²) >= 11 is 1.34. The number of carbonyl (C=O) groups excluding carboxylic acids is 2. The number of carbonyl (C=O) groups is 2. The van der Waals surface area contributed by atoms with Crippen LogP contribution in [0, 0.1) is 5.92 Å². The van der Waals surface area contributed by atoms with E-state index < -0.39 is 18.0 Å². The molecule has 0 bridgehead atoms. The minimum Gasteiger partial charge on any atom is -0.543 e. The van der Waals surface area contributed by atoms with Gasteiger partial charge in [-0.25, -0.2) is 0 Å². The quantitative estimate of drug-likeness (QED) is 0.460. The van der Waals surface area contributed by atoms with Gasteiger partial charge in [-0.1, -0.05) is 60.3 Å². The molecule has 1 N–H and O–H groups in total. The van der Waals surface area contributed by atoms with E-state index in [2.05, 4.69) is 0 Å². The smallest absolute Gasteiger partial charge is 0.543 e. The van der Waals surface area contributed by atoms with Crippen LogP contribution in [0.25, 0.3) is 0 Å². The van der Waals surface area contributed by atoms with Gasteiger partial charge in [0, 0.05) is 16.2 Å². The summed E-state index contributed by atoms with van der Waals surface area (Å²) in [5, 5.41) is 22.3. The maximum atomic E-state index is 12.6. The van der Waals surface area contributed by atoms with E-state index in [1.54, 1.807) is 0 Å². The van der Waals surface area contributed by atoms with Gasteiger partial charge in [-0.05, 0) is 30.5 Å². The minimum atomic E-state index is -1.34. The van der Waals surface area contributed by atoms with Crippen molar-refractivity contribution in [2.75, 3.05) is 0 Å². The van der Waals surface area contributed by atoms with Gasteiger partial charge in [-0.2, -0.15) is 0 Å². The molecule has 29 heavy (non-hydrogen) atoms. The van der Waals surface area contributed by atoms with Crippen LogP contribution in [-0.2, 0) is 16.0 Å². The summed E-state index contributed by atoms with van der Waals surface area (Å²) in [4.78, 5) is 27.2. The topological polar surface area (TPSA) is 80.7 Å². The Morgan fingerprint density at radius 1 is 1.14 bits per heavy atom. The fourth-order valence-corrected chi connectivity index (χ4v) is 5.09. The molecular formula is C22H20NNaO4S. The number of hydrogen-bond donors (Lipinski definition) is 1. The fourth-order valence-electron chi connectivity index (χ4n) is 3.98. The van der Waals surface area contributed by atoms with Crippen molar-refractivity contribution < 1.29 is 49.4 Å². The molecule has 144 valence electrons. The van der Waals surface area contributed by atoms with Crippen LogP contribution in [0.15, 0.2) is 76.2 Å². The number of aliphatic hydroxyl groups is 1. The van der Waals surface area contributed by atoms with E-state index in [4.69, 9.17) is 0 Å². The van der Waals surface area contributed by atoms with Gasteiger partial charge in [0.2, 0.25) is 5.91 Å². The molecule has 0 aromatic heterocycles. The van der Waals surface area contributed by atoms with E-state index in [0.29, 0.717) is 24.2 Å². The molecule has 0 saturated carbocycles. The second-order valence-corrected chi connectivity index (χ2v) is 8.24. The first-order chi connectivity index (χ1) is 13.6. The van der Waals surface area contributed by atoms with E-state index >= 15 is 0 Å². The van der Waals surface area contributed by atoms with Crippen molar-refractivity contribution in [1.82, 2.24) is 4.90 Å². The minimum absolute atomic E-state index is 0. The molecule has 2 heterocycles. The van der Waals surface area contributed by atoms with E-state index in [1.165, 1.54) is 16.7 Å². The Hall–Kier alpha value is -1.57. The Kier molecular flexibility index (Phi) is 7.24. The number of aliphatic carboxylic acids is 1. The fraction of sp³-hybridized carbons (Fsp3) is 0.273. The van der Waals surface area contributed by atoms with Crippen molar-refractivity contribution in [3.05, 3.63) is 76.8 Å². The number of aliphatic hydroxyl groups excluding tert-OH is 1. The van der Waals surface area contributed by atoms with Gasteiger partial charge in [0.25, 0.3) is 0 Å². The van der Waals surface area contributed by atoms with Crippen molar-refractivity contribution in [3.63, 3.8) is 0 Å². The summed E-state index contributed by atoms with van der Waals surface area (Å²) in [5.74, 6) is -2.23. The van der Waals surface area contributed by atoms with E-state index in [-0.39, 0.29) is 47.2 Å². The van der Waals surface area contributed by atoms with Crippen LogP contribution in [0.3, 0.4) is 0 Å². The van der Waals surface area contributed by atoms with Gasteiger partial charge >= 0.3 is 29.6 Å². The van der Waals surface area contributed by atoms with Gasteiger partial charge in [-0.15, -0.1) is 0 Å². The Labute approximate surface area is 196 Å². The zero-order chi connectivity index (χ0) is 19.7. The molecular weight excluding hydrogens is 397 g/mol. The number of nitrogens with zero attached hydrogens (tertiary/aromatic N) is 1. The predicted octanol–water partition coefficient (Wildman–Crippen LogP) is -1.03. The van der Waals surface area contributed by atoms with Gasteiger partial charge in [-0.3, -0.25) is 4.79 Å². The molecule has 0 spiro atoms. The number of carboxylic acid groups (broad SMARTS) is 1. The number of amides is 1. The van der Waals surface area contributed by atoms with Crippen LogP contribution in [0.2, 0.25) is 0 Å². The molecule has 2 aliphatic rings. The van der Waals surface area contributed by atoms with Crippen LogP contribution in [-0.4, -0.2) is 34.0 Å². The second kappa shape index (κ2) is 9.49. The third kappa shape index (κ3) is 4.47. The van der Waals surface area contributed by atoms with Crippen molar-refractivity contribution in [1.29, 1.82) is 0 Å². The summed E-state index contributed by atoms with van der Waals surface area (Å²) < 4.78 is 0. The third-order valence-electron chi connectivity index (χ3n) is 5.33. The Morgan fingerprint density at radius 2 is 1.76 bits per heavy atom. The van der Waals surface area contributed by atoms with Crippen molar-refractivity contribution in [2.24, 2.45) is 5.92 Å². The van der Waals surface area contributed by atoms with Crippen LogP contribution < -0.4 is 34.7 Å². The molecule has 1 fully saturated rings. The summed E-state index contributed by atoms with van der Waals surface area (Å²) in [7, 11) is 0. The number of fused-ring (bicyclic) bond motifs is 1. The Morgan fingerprint density at radius 3 is 2.38 bits per heavy atom. The molecule has 1 saturated heterocycles. The largest absolute Gasteiger partial charge is 1.00 e. The van der Waals surface area contributed by atoms with Crippen molar-refractivity contribution in [3.8, 4) is 0 Å². The Balaban J connectivity index is 0.00000240. The van der Waals surface area contributed by atoms with Crippen molar-refractivity contribution in [2.45, 2.75) is 36.3 Å². The first-order valence-electron chi connectivity index (χ1n) is 9.28. The number of benzene rings is 2. The predicted molar refractivity (Wildman–Crippen MR) is 104 cm³/mol. The molecule has 1 amide bonds. The first-order valence-corrected chi connectivity index (χ1v) is 10.1. The summed E-state index contributed by atoms with van der Waals surface area (Å²) in [5.41, 5.74) is 1.06. The number of aryl methyl sites for hydroxylation is 1. The number of β-lactam (4-membered cyclic amide) rings is 1. The molecule has 2 aromatic rings. The molecule has 0 aliphatic carbocycles. The average molecular weight is 417 g/mol. The van der Waals surface area contributed by atoms with Crippen LogP contribution in [0.1, 0.15) is 18.4 Å². The summed E-state index contributed by atoms with van der Waals surface area (Å²) in [6.45, 7) is 0. The molecule has 3 unspecified atom stereocenters. The van der Waals surface area contributed by atoms with E-state index in [1.807, 2.05) is 60.7 Å². The standard InChI is InChI=1S/C22H21NO4S.Na/c24-17(12-11-14-7-3-1-4-8-14)19-16-13-18(28-15-9-5-2-6-10-15)20(22(26)27)23(16)21(19)25;/h1-10,16-17,19,24H,11-13H2,(H,26,27);/q;+1/p-1. The summed E-state index contributed by atoms with van der Waals surface area (Å²) in [6, 6.07) is 18.9. The van der Waals surface area contributed by atoms with Crippen LogP contribution in [0.4, 0.5) is 0 Å². The van der Waals surface area contributed by atoms with Crippen molar-refractivity contribution >= 4 is 23.6 Å². The number of thioether (sulfide) groups is 1. The van der Waals surface area contributed by atoms with Gasteiger partial charge < -0.3 is 19.9 Å². The third-order valence-corrected chi connectivity index (χ3v) is 6.45. The van der Waals surface area contributed by atoms with E-state index in [9.17, 15) is 19.8 Å². The molecule has 2 aromatic carbocycles. The molecule has 3 atom stereocenters. The average Bonchev–Trinajstić information content (AvgIpc) is 3.02. The van der Waals surface area contributed by atoms with Crippen LogP contribution >= 0.6 is 11.8 Å². The molecule has 4 rings (SSSR count). The normalized spacial score (nSPS) is 21.3. The second-order valence-electron chi connectivity index (χ2n) is 7.07. The molecule has 0 radical (unpaired) electrons. The summed E-state index contributed by atoms with van der Waals surface area (Å²) in [6.07, 6.45) is 0.775. The van der Waals surface area contributed by atoms with Gasteiger partial charge in [0.05, 0.1) is 29.7 Å². The van der Waals surface area contributed by atoms with E-state index in [0.717, 1.165) is 10.5 Å². The SMILES string of the molecule is O=C([O-])C1=C(Sc2ccccc2)CC2C(C(O)CCc3ccccc3)C(=O)N12.[Na+]. The number of carboxylic acids is 1. The maximum absolute atomic E-state index is 12.6. The number of hydrogen-bond acceptors (Lipinski definition) is 5. The zero-order valence-corrected chi connectivity index (χ0v) is 19.0. The van der Waals surface area contributed by atoms with Gasteiger partial charge in [0.1, 0.15) is 0 Å². The van der Waals surface area contributed by atoms with Gasteiger partial charge in [0.15, 0.2) is 0 Å². The molecule has 2 aliphatic heterocycles. The first kappa shape index (κ1) is 22.1. The molecule has 7 heteroatoms. The zero-order valence-electron chi connectivity index (χ0n) is 16.2. The monoisotopic (exact) mass is 417 g/mol. The Bertz CT molecular complexity index is 919. The molecule has 5 nitrogen and oxygen atoms in total. The maximum Gasteiger partial charge on any atom is 1.00 e. The number of rotatable bonds is 7. The van der Waals surface area contributed by atoms with Crippen LogP contribution in [0.5, 0.6) is 0 Å².